The standard InChI is InChI=1S/C30H35ClN2O2S/c1-20(2)18-32(29(35)22-8-12-24(31)13-9-22)19-27(34)33-16-14-26-25(15-17-36-26)28(33)21-6-10-23(11-7-21)30(3,4)5/h6-13,15,17,20,28H,14,16,18-19H2,1-5H3. The van der Waals surface area contributed by atoms with E-state index in [2.05, 4.69) is 70.3 Å². The number of carbonyl (C=O) groups excluding carboxylic acids is 2. The van der Waals surface area contributed by atoms with Crippen molar-refractivity contribution in [2.75, 3.05) is 19.6 Å². The van der Waals surface area contributed by atoms with E-state index in [1.54, 1.807) is 40.5 Å². The molecule has 0 saturated heterocycles. The lowest BCUT2D eigenvalue weighted by atomic mass is 9.85. The lowest BCUT2D eigenvalue weighted by Gasteiger charge is -2.38. The van der Waals surface area contributed by atoms with Gasteiger partial charge in [0.25, 0.3) is 5.91 Å². The van der Waals surface area contributed by atoms with Gasteiger partial charge in [-0.05, 0) is 70.2 Å². The Hall–Kier alpha value is -2.63. The van der Waals surface area contributed by atoms with Crippen LogP contribution in [-0.4, -0.2) is 41.2 Å². The van der Waals surface area contributed by atoms with Crippen LogP contribution in [0.15, 0.2) is 60.0 Å². The zero-order chi connectivity index (χ0) is 26.0. The van der Waals surface area contributed by atoms with Gasteiger partial charge in [-0.25, -0.2) is 0 Å². The number of amides is 2. The maximum atomic E-state index is 13.8. The minimum absolute atomic E-state index is 0.0280. The monoisotopic (exact) mass is 522 g/mol. The lowest BCUT2D eigenvalue weighted by Crippen LogP contribution is -2.47. The summed E-state index contributed by atoms with van der Waals surface area (Å²) in [7, 11) is 0. The van der Waals surface area contributed by atoms with Crippen molar-refractivity contribution >= 4 is 34.8 Å². The van der Waals surface area contributed by atoms with Gasteiger partial charge in [-0.2, -0.15) is 0 Å². The highest BCUT2D eigenvalue weighted by Crippen LogP contribution is 2.38. The molecule has 0 spiro atoms. The fourth-order valence-electron chi connectivity index (χ4n) is 4.80. The topological polar surface area (TPSA) is 40.6 Å². The van der Waals surface area contributed by atoms with Crippen molar-refractivity contribution in [3.8, 4) is 0 Å². The van der Waals surface area contributed by atoms with Crippen LogP contribution in [0.25, 0.3) is 0 Å². The molecule has 1 unspecified atom stereocenters. The number of halogens is 1. The Bertz CT molecular complexity index is 1210. The molecule has 0 radical (unpaired) electrons. The van der Waals surface area contributed by atoms with E-state index in [0.717, 1.165) is 12.0 Å². The molecular formula is C30H35ClN2O2S. The molecule has 190 valence electrons. The van der Waals surface area contributed by atoms with Gasteiger partial charge in [0.2, 0.25) is 5.91 Å². The Balaban J connectivity index is 1.63. The SMILES string of the molecule is CC(C)CN(CC(=O)N1CCc2sccc2C1c1ccc(C(C)(C)C)cc1)C(=O)c1ccc(Cl)cc1. The van der Waals surface area contributed by atoms with E-state index in [1.165, 1.54) is 16.0 Å². The summed E-state index contributed by atoms with van der Waals surface area (Å²) in [5.41, 5.74) is 4.17. The number of nitrogens with zero attached hydrogens (tertiary/aromatic N) is 2. The molecule has 2 heterocycles. The maximum absolute atomic E-state index is 13.8. The minimum Gasteiger partial charge on any atom is -0.330 e. The summed E-state index contributed by atoms with van der Waals surface area (Å²) in [6, 6.07) is 17.5. The largest absolute Gasteiger partial charge is 0.330 e. The maximum Gasteiger partial charge on any atom is 0.254 e. The predicted molar refractivity (Wildman–Crippen MR) is 149 cm³/mol. The van der Waals surface area contributed by atoms with Crippen molar-refractivity contribution in [3.63, 3.8) is 0 Å². The number of carbonyl (C=O) groups is 2. The van der Waals surface area contributed by atoms with E-state index >= 15 is 0 Å². The average molecular weight is 523 g/mol. The second kappa shape index (κ2) is 10.8. The van der Waals surface area contributed by atoms with Crippen LogP contribution >= 0.6 is 22.9 Å². The van der Waals surface area contributed by atoms with Gasteiger partial charge in [0.1, 0.15) is 6.54 Å². The molecule has 2 amide bonds. The van der Waals surface area contributed by atoms with Crippen LogP contribution in [0.5, 0.6) is 0 Å². The van der Waals surface area contributed by atoms with Crippen LogP contribution in [0.2, 0.25) is 5.02 Å². The molecule has 4 nitrogen and oxygen atoms in total. The Morgan fingerprint density at radius 3 is 2.33 bits per heavy atom. The molecule has 0 N–H and O–H groups in total. The van der Waals surface area contributed by atoms with Gasteiger partial charge in [0, 0.05) is 28.6 Å². The van der Waals surface area contributed by atoms with Crippen LogP contribution in [0.1, 0.15) is 72.6 Å². The first-order chi connectivity index (χ1) is 17.0. The number of rotatable bonds is 6. The fraction of sp³-hybridized carbons (Fsp3) is 0.400. The van der Waals surface area contributed by atoms with E-state index in [9.17, 15) is 9.59 Å². The molecule has 0 aliphatic carbocycles. The van der Waals surface area contributed by atoms with Gasteiger partial charge in [0.15, 0.2) is 0 Å². The molecule has 2 aromatic carbocycles. The third-order valence-electron chi connectivity index (χ3n) is 6.67. The van der Waals surface area contributed by atoms with Gasteiger partial charge in [-0.1, -0.05) is 70.5 Å². The van der Waals surface area contributed by atoms with Gasteiger partial charge < -0.3 is 9.80 Å². The normalized spacial score (nSPS) is 15.6. The summed E-state index contributed by atoms with van der Waals surface area (Å²) >= 11 is 7.78. The van der Waals surface area contributed by atoms with Crippen molar-refractivity contribution in [1.29, 1.82) is 0 Å². The van der Waals surface area contributed by atoms with E-state index in [0.29, 0.717) is 23.7 Å². The fourth-order valence-corrected chi connectivity index (χ4v) is 5.83. The van der Waals surface area contributed by atoms with Crippen LogP contribution < -0.4 is 0 Å². The van der Waals surface area contributed by atoms with Crippen molar-refractivity contribution in [2.24, 2.45) is 5.92 Å². The average Bonchev–Trinajstić information content (AvgIpc) is 3.31. The summed E-state index contributed by atoms with van der Waals surface area (Å²) in [5.74, 6) is 0.0624. The number of thiophene rings is 1. The second-order valence-corrected chi connectivity index (χ2v) is 12.4. The van der Waals surface area contributed by atoms with Crippen molar-refractivity contribution in [1.82, 2.24) is 9.80 Å². The smallest absolute Gasteiger partial charge is 0.254 e. The van der Waals surface area contributed by atoms with Crippen molar-refractivity contribution in [3.05, 3.63) is 92.1 Å². The minimum atomic E-state index is -0.145. The third-order valence-corrected chi connectivity index (χ3v) is 7.92. The summed E-state index contributed by atoms with van der Waals surface area (Å²) in [5, 5.41) is 2.70. The molecule has 1 aliphatic heterocycles. The molecule has 0 saturated carbocycles. The Morgan fingerprint density at radius 2 is 1.72 bits per heavy atom. The van der Waals surface area contributed by atoms with Gasteiger partial charge >= 0.3 is 0 Å². The molecule has 1 aliphatic rings. The number of hydrogen-bond acceptors (Lipinski definition) is 3. The molecule has 36 heavy (non-hydrogen) atoms. The van der Waals surface area contributed by atoms with E-state index in [4.69, 9.17) is 11.6 Å². The van der Waals surface area contributed by atoms with E-state index < -0.39 is 0 Å². The van der Waals surface area contributed by atoms with Gasteiger partial charge in [0.05, 0.1) is 6.04 Å². The molecule has 0 bridgehead atoms. The summed E-state index contributed by atoms with van der Waals surface area (Å²) in [6.07, 6.45) is 0.838. The Labute approximate surface area is 223 Å². The quantitative estimate of drug-likeness (QED) is 0.350. The van der Waals surface area contributed by atoms with Gasteiger partial charge in [-0.3, -0.25) is 9.59 Å². The zero-order valence-electron chi connectivity index (χ0n) is 21.8. The summed E-state index contributed by atoms with van der Waals surface area (Å²) in [6.45, 7) is 11.9. The van der Waals surface area contributed by atoms with E-state index in [1.807, 2.05) is 4.90 Å². The first-order valence-electron chi connectivity index (χ1n) is 12.6. The first kappa shape index (κ1) is 26.4. The molecule has 4 rings (SSSR count). The van der Waals surface area contributed by atoms with E-state index in [-0.39, 0.29) is 35.7 Å². The molecule has 0 fully saturated rings. The molecule has 6 heteroatoms. The highest BCUT2D eigenvalue weighted by molar-refractivity contribution is 7.10. The highest BCUT2D eigenvalue weighted by Gasteiger charge is 2.34. The number of fused-ring (bicyclic) bond motifs is 1. The third kappa shape index (κ3) is 5.84. The van der Waals surface area contributed by atoms with Crippen molar-refractivity contribution < 1.29 is 9.59 Å². The summed E-state index contributed by atoms with van der Waals surface area (Å²) in [4.78, 5) is 32.2. The summed E-state index contributed by atoms with van der Waals surface area (Å²) < 4.78 is 0. The van der Waals surface area contributed by atoms with Crippen LogP contribution in [0.4, 0.5) is 0 Å². The second-order valence-electron chi connectivity index (χ2n) is 11.0. The Morgan fingerprint density at radius 1 is 1.06 bits per heavy atom. The zero-order valence-corrected chi connectivity index (χ0v) is 23.3. The molecular weight excluding hydrogens is 488 g/mol. The van der Waals surface area contributed by atoms with Gasteiger partial charge in [-0.15, -0.1) is 11.3 Å². The number of benzene rings is 2. The molecule has 1 aromatic heterocycles. The van der Waals surface area contributed by atoms with Crippen LogP contribution in [0.3, 0.4) is 0 Å². The molecule has 1 atom stereocenters. The number of hydrogen-bond donors (Lipinski definition) is 0. The molecule has 3 aromatic rings. The van der Waals surface area contributed by atoms with Crippen molar-refractivity contribution in [2.45, 2.75) is 52.5 Å². The highest BCUT2D eigenvalue weighted by atomic mass is 35.5. The van der Waals surface area contributed by atoms with Crippen LogP contribution in [0, 0.1) is 5.92 Å². The lowest BCUT2D eigenvalue weighted by molar-refractivity contribution is -0.134. The van der Waals surface area contributed by atoms with Crippen LogP contribution in [-0.2, 0) is 16.6 Å². The Kier molecular flexibility index (Phi) is 7.91. The first-order valence-corrected chi connectivity index (χ1v) is 13.8. The predicted octanol–water partition coefficient (Wildman–Crippen LogP) is 6.97.